The van der Waals surface area contributed by atoms with E-state index in [1.54, 1.807) is 30.3 Å². The fraction of sp³-hybridized carbons (Fsp3) is 0.308. The molecule has 2 aliphatic heterocycles. The summed E-state index contributed by atoms with van der Waals surface area (Å²) in [6, 6.07) is 13.3. The third-order valence-electron chi connectivity index (χ3n) is 6.47. The molecule has 0 bridgehead atoms. The van der Waals surface area contributed by atoms with Gasteiger partial charge in [-0.2, -0.15) is 0 Å². The molecule has 4 heterocycles. The normalized spacial score (nSPS) is 19.7. The highest BCUT2D eigenvalue weighted by atomic mass is 32.2. The van der Waals surface area contributed by atoms with Crippen LogP contribution in [0.15, 0.2) is 58.4 Å². The van der Waals surface area contributed by atoms with Crippen LogP contribution in [0, 0.1) is 0 Å². The van der Waals surface area contributed by atoms with Gasteiger partial charge in [-0.15, -0.1) is 0 Å². The number of ether oxygens (including phenoxy) is 1. The maximum atomic E-state index is 13.6. The number of benzene rings is 1. The molecule has 2 aromatic heterocycles. The van der Waals surface area contributed by atoms with Gasteiger partial charge in [-0.05, 0) is 62.1 Å². The molecule has 0 spiro atoms. The molecule has 2 fully saturated rings. The molecule has 1 aromatic carbocycles. The van der Waals surface area contributed by atoms with Crippen molar-refractivity contribution >= 4 is 51.7 Å². The zero-order valence-electron chi connectivity index (χ0n) is 19.6. The van der Waals surface area contributed by atoms with Gasteiger partial charge in [0, 0.05) is 18.8 Å². The van der Waals surface area contributed by atoms with Crippen LogP contribution in [0.25, 0.3) is 11.7 Å². The SMILES string of the molecule is COc1ccc(CN2C(=O)/C(=C\c3c(N4CCCCC4C)nc4ccccn4c3=O)SC2=S)cc1. The Hall–Kier alpha value is -3.17. The predicted octanol–water partition coefficient (Wildman–Crippen LogP) is 4.48. The number of hydrogen-bond acceptors (Lipinski definition) is 7. The lowest BCUT2D eigenvalue weighted by Crippen LogP contribution is -2.40. The lowest BCUT2D eigenvalue weighted by atomic mass is 10.0. The first kappa shape index (κ1) is 23.6. The Morgan fingerprint density at radius 2 is 1.97 bits per heavy atom. The van der Waals surface area contributed by atoms with Crippen molar-refractivity contribution in [1.29, 1.82) is 0 Å². The topological polar surface area (TPSA) is 67.2 Å². The van der Waals surface area contributed by atoms with Crippen LogP contribution >= 0.6 is 24.0 Å². The van der Waals surface area contributed by atoms with Gasteiger partial charge in [0.05, 0.1) is 24.1 Å². The van der Waals surface area contributed by atoms with E-state index in [-0.39, 0.29) is 17.5 Å². The maximum Gasteiger partial charge on any atom is 0.267 e. The summed E-state index contributed by atoms with van der Waals surface area (Å²) in [5, 5.41) is 0. The first-order valence-electron chi connectivity index (χ1n) is 11.6. The second-order valence-corrected chi connectivity index (χ2v) is 10.4. The van der Waals surface area contributed by atoms with Crippen molar-refractivity contribution in [2.45, 2.75) is 38.8 Å². The monoisotopic (exact) mass is 506 g/mol. The molecule has 35 heavy (non-hydrogen) atoms. The molecule has 2 aliphatic rings. The number of thioether (sulfide) groups is 1. The van der Waals surface area contributed by atoms with Crippen molar-refractivity contribution < 1.29 is 9.53 Å². The Labute approximate surface area is 213 Å². The van der Waals surface area contributed by atoms with Gasteiger partial charge in [-0.3, -0.25) is 18.9 Å². The summed E-state index contributed by atoms with van der Waals surface area (Å²) in [5.41, 5.74) is 1.77. The molecule has 0 saturated carbocycles. The quantitative estimate of drug-likeness (QED) is 0.373. The molecule has 1 amide bonds. The summed E-state index contributed by atoms with van der Waals surface area (Å²) < 4.78 is 7.22. The van der Waals surface area contributed by atoms with Crippen molar-refractivity contribution in [3.63, 3.8) is 0 Å². The summed E-state index contributed by atoms with van der Waals surface area (Å²) in [7, 11) is 1.62. The molecule has 7 nitrogen and oxygen atoms in total. The van der Waals surface area contributed by atoms with E-state index in [0.717, 1.165) is 37.1 Å². The Kier molecular flexibility index (Phi) is 6.62. The highest BCUT2D eigenvalue weighted by Gasteiger charge is 2.33. The fourth-order valence-electron chi connectivity index (χ4n) is 4.53. The lowest BCUT2D eigenvalue weighted by molar-refractivity contribution is -0.122. The first-order chi connectivity index (χ1) is 17.0. The minimum absolute atomic E-state index is 0.191. The van der Waals surface area contributed by atoms with Crippen molar-refractivity contribution in [2.24, 2.45) is 0 Å². The minimum atomic E-state index is -0.203. The van der Waals surface area contributed by atoms with Crippen LogP contribution in [0.1, 0.15) is 37.3 Å². The van der Waals surface area contributed by atoms with Gasteiger partial charge in [0.25, 0.3) is 11.5 Å². The van der Waals surface area contributed by atoms with E-state index in [4.69, 9.17) is 21.9 Å². The van der Waals surface area contributed by atoms with Gasteiger partial charge in [-0.1, -0.05) is 42.2 Å². The van der Waals surface area contributed by atoms with Crippen LogP contribution in [-0.2, 0) is 11.3 Å². The molecule has 2 saturated heterocycles. The number of thiocarbonyl (C=S) groups is 1. The van der Waals surface area contributed by atoms with Gasteiger partial charge < -0.3 is 9.64 Å². The molecule has 1 atom stereocenters. The smallest absolute Gasteiger partial charge is 0.267 e. The largest absolute Gasteiger partial charge is 0.497 e. The minimum Gasteiger partial charge on any atom is -0.497 e. The van der Waals surface area contributed by atoms with Crippen molar-refractivity contribution in [2.75, 3.05) is 18.6 Å². The van der Waals surface area contributed by atoms with Crippen LogP contribution in [0.3, 0.4) is 0 Å². The maximum absolute atomic E-state index is 13.6. The van der Waals surface area contributed by atoms with Crippen LogP contribution in [0.5, 0.6) is 5.75 Å². The Morgan fingerprint density at radius 3 is 2.71 bits per heavy atom. The number of nitrogens with zero attached hydrogens (tertiary/aromatic N) is 4. The van der Waals surface area contributed by atoms with Gasteiger partial charge in [0.1, 0.15) is 21.5 Å². The summed E-state index contributed by atoms with van der Waals surface area (Å²) in [4.78, 5) is 36.0. The predicted molar refractivity (Wildman–Crippen MR) is 144 cm³/mol. The number of aromatic nitrogens is 2. The van der Waals surface area contributed by atoms with E-state index in [2.05, 4.69) is 11.8 Å². The summed E-state index contributed by atoms with van der Waals surface area (Å²) >= 11 is 6.76. The Morgan fingerprint density at radius 1 is 1.17 bits per heavy atom. The van der Waals surface area contributed by atoms with Gasteiger partial charge >= 0.3 is 0 Å². The highest BCUT2D eigenvalue weighted by molar-refractivity contribution is 8.26. The second-order valence-electron chi connectivity index (χ2n) is 8.74. The second kappa shape index (κ2) is 9.83. The Bertz CT molecular complexity index is 1380. The average Bonchev–Trinajstić information content (AvgIpc) is 3.14. The van der Waals surface area contributed by atoms with Crippen molar-refractivity contribution in [3.05, 3.63) is 75.0 Å². The number of pyridine rings is 1. The first-order valence-corrected chi connectivity index (χ1v) is 12.8. The van der Waals surface area contributed by atoms with E-state index in [1.165, 1.54) is 16.2 Å². The number of rotatable bonds is 5. The molecule has 0 aliphatic carbocycles. The van der Waals surface area contributed by atoms with E-state index in [1.807, 2.05) is 36.4 Å². The number of amides is 1. The number of methoxy groups -OCH3 is 1. The molecular formula is C26H26N4O3S2. The van der Waals surface area contributed by atoms with Crippen molar-refractivity contribution in [1.82, 2.24) is 14.3 Å². The molecule has 0 N–H and O–H groups in total. The molecule has 3 aromatic rings. The number of anilines is 1. The van der Waals surface area contributed by atoms with E-state index < -0.39 is 0 Å². The number of carbonyl (C=O) groups is 1. The average molecular weight is 507 g/mol. The molecule has 9 heteroatoms. The Balaban J connectivity index is 1.53. The zero-order valence-corrected chi connectivity index (χ0v) is 21.3. The fourth-order valence-corrected chi connectivity index (χ4v) is 5.77. The molecule has 1 unspecified atom stereocenters. The van der Waals surface area contributed by atoms with Crippen LogP contribution < -0.4 is 15.2 Å². The van der Waals surface area contributed by atoms with E-state index in [0.29, 0.717) is 32.8 Å². The standard InChI is InChI=1S/C26H26N4O3S2/c1-17-7-3-5-13-28(17)23-20(24(31)29-14-6-4-8-22(29)27-23)15-21-25(32)30(26(34)35-21)16-18-9-11-19(33-2)12-10-18/h4,6,8-12,14-15,17H,3,5,7,13,16H2,1-2H3/b21-15+. The number of piperidine rings is 1. The molecule has 0 radical (unpaired) electrons. The van der Waals surface area contributed by atoms with Gasteiger partial charge in [-0.25, -0.2) is 4.98 Å². The lowest BCUT2D eigenvalue weighted by Gasteiger charge is -2.35. The van der Waals surface area contributed by atoms with Crippen LogP contribution in [-0.4, -0.2) is 44.2 Å². The van der Waals surface area contributed by atoms with E-state index >= 15 is 0 Å². The number of hydrogen-bond donors (Lipinski definition) is 0. The number of fused-ring (bicyclic) bond motifs is 1. The molecule has 5 rings (SSSR count). The zero-order chi connectivity index (χ0) is 24.5. The van der Waals surface area contributed by atoms with Crippen molar-refractivity contribution in [3.8, 4) is 5.75 Å². The van der Waals surface area contributed by atoms with Crippen LogP contribution in [0.2, 0.25) is 0 Å². The highest BCUT2D eigenvalue weighted by Crippen LogP contribution is 2.35. The summed E-state index contributed by atoms with van der Waals surface area (Å²) in [5.74, 6) is 1.18. The third-order valence-corrected chi connectivity index (χ3v) is 7.85. The molecule has 180 valence electrons. The number of carbonyl (C=O) groups excluding carboxylic acids is 1. The van der Waals surface area contributed by atoms with E-state index in [9.17, 15) is 9.59 Å². The summed E-state index contributed by atoms with van der Waals surface area (Å²) in [6.45, 7) is 3.35. The summed E-state index contributed by atoms with van der Waals surface area (Å²) in [6.07, 6.45) is 6.63. The van der Waals surface area contributed by atoms with Gasteiger partial charge in [0.2, 0.25) is 0 Å². The third kappa shape index (κ3) is 4.58. The molecular weight excluding hydrogens is 480 g/mol. The van der Waals surface area contributed by atoms with Gasteiger partial charge in [0.15, 0.2) is 0 Å². The van der Waals surface area contributed by atoms with Crippen LogP contribution in [0.4, 0.5) is 5.82 Å².